The Morgan fingerprint density at radius 2 is 1.84 bits per heavy atom. The van der Waals surface area contributed by atoms with Crippen LogP contribution < -0.4 is 11.1 Å². The number of nitrogens with one attached hydrogen (secondary N) is 1. The van der Waals surface area contributed by atoms with Crippen LogP contribution in [0.25, 0.3) is 0 Å². The molecule has 3 heteroatoms. The zero-order chi connectivity index (χ0) is 13.7. The SMILES string of the molecule is Cc1ccc(Sc2ccccc2NCCN)c(C)c1. The van der Waals surface area contributed by atoms with Crippen LogP contribution in [0.4, 0.5) is 5.69 Å². The van der Waals surface area contributed by atoms with Gasteiger partial charge in [-0.25, -0.2) is 0 Å². The molecule has 2 aromatic rings. The summed E-state index contributed by atoms with van der Waals surface area (Å²) in [5.41, 5.74) is 9.32. The zero-order valence-electron chi connectivity index (χ0n) is 11.4. The van der Waals surface area contributed by atoms with E-state index in [0.29, 0.717) is 6.54 Å². The van der Waals surface area contributed by atoms with Crippen LogP contribution in [0.15, 0.2) is 52.3 Å². The monoisotopic (exact) mass is 272 g/mol. The molecule has 0 fully saturated rings. The predicted octanol–water partition coefficient (Wildman–Crippen LogP) is 3.83. The summed E-state index contributed by atoms with van der Waals surface area (Å²) in [5, 5.41) is 3.37. The molecule has 0 heterocycles. The maximum Gasteiger partial charge on any atom is 0.0482 e. The van der Waals surface area contributed by atoms with E-state index in [-0.39, 0.29) is 0 Å². The van der Waals surface area contributed by atoms with Crippen molar-refractivity contribution in [3.63, 3.8) is 0 Å². The molecule has 0 aliphatic carbocycles. The Bertz CT molecular complexity index is 552. The maximum atomic E-state index is 5.55. The summed E-state index contributed by atoms with van der Waals surface area (Å²) in [6, 6.07) is 14.9. The normalized spacial score (nSPS) is 10.5. The van der Waals surface area contributed by atoms with E-state index in [0.717, 1.165) is 12.2 Å². The molecule has 100 valence electrons. The Morgan fingerprint density at radius 3 is 2.58 bits per heavy atom. The summed E-state index contributed by atoms with van der Waals surface area (Å²) in [7, 11) is 0. The van der Waals surface area contributed by atoms with E-state index in [2.05, 4.69) is 55.6 Å². The van der Waals surface area contributed by atoms with E-state index in [9.17, 15) is 0 Å². The number of nitrogens with two attached hydrogens (primary N) is 1. The van der Waals surface area contributed by atoms with Crippen molar-refractivity contribution in [1.82, 2.24) is 0 Å². The van der Waals surface area contributed by atoms with E-state index in [1.165, 1.54) is 20.9 Å². The largest absolute Gasteiger partial charge is 0.383 e. The van der Waals surface area contributed by atoms with Crippen LogP contribution in [0.2, 0.25) is 0 Å². The van der Waals surface area contributed by atoms with E-state index in [1.54, 1.807) is 11.8 Å². The van der Waals surface area contributed by atoms with Gasteiger partial charge in [-0.2, -0.15) is 0 Å². The van der Waals surface area contributed by atoms with Crippen molar-refractivity contribution in [1.29, 1.82) is 0 Å². The highest BCUT2D eigenvalue weighted by molar-refractivity contribution is 7.99. The summed E-state index contributed by atoms with van der Waals surface area (Å²) < 4.78 is 0. The molecule has 0 saturated carbocycles. The second-order valence-electron chi connectivity index (χ2n) is 4.58. The summed E-state index contributed by atoms with van der Waals surface area (Å²) in [6.07, 6.45) is 0. The average Bonchev–Trinajstić information content (AvgIpc) is 2.41. The first-order chi connectivity index (χ1) is 9.20. The zero-order valence-corrected chi connectivity index (χ0v) is 12.3. The second kappa shape index (κ2) is 6.64. The fourth-order valence-corrected chi connectivity index (χ4v) is 2.93. The lowest BCUT2D eigenvalue weighted by Crippen LogP contribution is -2.13. The third kappa shape index (κ3) is 3.75. The number of hydrogen-bond acceptors (Lipinski definition) is 3. The van der Waals surface area contributed by atoms with Gasteiger partial charge in [-0.3, -0.25) is 0 Å². The third-order valence-electron chi connectivity index (χ3n) is 2.90. The van der Waals surface area contributed by atoms with Gasteiger partial charge in [0.1, 0.15) is 0 Å². The summed E-state index contributed by atoms with van der Waals surface area (Å²) in [6.45, 7) is 5.72. The van der Waals surface area contributed by atoms with Gasteiger partial charge in [0.25, 0.3) is 0 Å². The van der Waals surface area contributed by atoms with Crippen molar-refractivity contribution in [2.24, 2.45) is 5.73 Å². The average molecular weight is 272 g/mol. The first-order valence-corrected chi connectivity index (χ1v) is 7.30. The van der Waals surface area contributed by atoms with Gasteiger partial charge in [0.15, 0.2) is 0 Å². The maximum absolute atomic E-state index is 5.55. The lowest BCUT2D eigenvalue weighted by Gasteiger charge is -2.12. The topological polar surface area (TPSA) is 38.0 Å². The molecule has 0 spiro atoms. The van der Waals surface area contributed by atoms with Gasteiger partial charge in [0.05, 0.1) is 0 Å². The number of hydrogen-bond donors (Lipinski definition) is 2. The van der Waals surface area contributed by atoms with Crippen molar-refractivity contribution in [2.45, 2.75) is 23.6 Å². The first kappa shape index (κ1) is 14.0. The highest BCUT2D eigenvalue weighted by Crippen LogP contribution is 2.35. The standard InChI is InChI=1S/C16H20N2S/c1-12-7-8-15(13(2)11-12)19-16-6-4-3-5-14(16)18-10-9-17/h3-8,11,18H,9-10,17H2,1-2H3. The van der Waals surface area contributed by atoms with Crippen LogP contribution in [0, 0.1) is 13.8 Å². The third-order valence-corrected chi connectivity index (χ3v) is 4.15. The molecule has 0 saturated heterocycles. The summed E-state index contributed by atoms with van der Waals surface area (Å²) >= 11 is 1.80. The van der Waals surface area contributed by atoms with E-state index in [4.69, 9.17) is 5.73 Å². The highest BCUT2D eigenvalue weighted by atomic mass is 32.2. The van der Waals surface area contributed by atoms with Crippen molar-refractivity contribution in [3.05, 3.63) is 53.6 Å². The molecule has 0 atom stereocenters. The molecule has 0 amide bonds. The molecule has 0 bridgehead atoms. The van der Waals surface area contributed by atoms with Crippen molar-refractivity contribution in [3.8, 4) is 0 Å². The predicted molar refractivity (Wildman–Crippen MR) is 84.0 cm³/mol. The van der Waals surface area contributed by atoms with Crippen LogP contribution in [-0.2, 0) is 0 Å². The first-order valence-electron chi connectivity index (χ1n) is 6.49. The molecule has 0 aromatic heterocycles. The quantitative estimate of drug-likeness (QED) is 0.869. The number of aryl methyl sites for hydroxylation is 2. The summed E-state index contributed by atoms with van der Waals surface area (Å²) in [4.78, 5) is 2.54. The van der Waals surface area contributed by atoms with Gasteiger partial charge in [0, 0.05) is 28.6 Å². The molecule has 2 aromatic carbocycles. The fourth-order valence-electron chi connectivity index (χ4n) is 1.94. The van der Waals surface area contributed by atoms with E-state index < -0.39 is 0 Å². The molecule has 3 N–H and O–H groups in total. The lowest BCUT2D eigenvalue weighted by molar-refractivity contribution is 1.02. The Balaban J connectivity index is 2.22. The molecule has 0 aliphatic heterocycles. The molecule has 2 rings (SSSR count). The van der Waals surface area contributed by atoms with Crippen LogP contribution >= 0.6 is 11.8 Å². The number of rotatable bonds is 5. The minimum absolute atomic E-state index is 0.641. The molecular weight excluding hydrogens is 252 g/mol. The van der Waals surface area contributed by atoms with Crippen molar-refractivity contribution < 1.29 is 0 Å². The van der Waals surface area contributed by atoms with Crippen LogP contribution in [0.5, 0.6) is 0 Å². The van der Waals surface area contributed by atoms with E-state index in [1.807, 2.05) is 6.07 Å². The minimum atomic E-state index is 0.641. The smallest absolute Gasteiger partial charge is 0.0482 e. The molecule has 2 nitrogen and oxygen atoms in total. The van der Waals surface area contributed by atoms with Crippen molar-refractivity contribution >= 4 is 17.4 Å². The van der Waals surface area contributed by atoms with Crippen LogP contribution in [0.1, 0.15) is 11.1 Å². The molecule has 0 aliphatic rings. The highest BCUT2D eigenvalue weighted by Gasteiger charge is 2.05. The van der Waals surface area contributed by atoms with Gasteiger partial charge in [-0.15, -0.1) is 0 Å². The summed E-state index contributed by atoms with van der Waals surface area (Å²) in [5.74, 6) is 0. The second-order valence-corrected chi connectivity index (χ2v) is 5.67. The van der Waals surface area contributed by atoms with Crippen molar-refractivity contribution in [2.75, 3.05) is 18.4 Å². The minimum Gasteiger partial charge on any atom is -0.383 e. The Morgan fingerprint density at radius 1 is 1.05 bits per heavy atom. The fraction of sp³-hybridized carbons (Fsp3) is 0.250. The van der Waals surface area contributed by atoms with Gasteiger partial charge in [0.2, 0.25) is 0 Å². The lowest BCUT2D eigenvalue weighted by atomic mass is 10.2. The van der Waals surface area contributed by atoms with Gasteiger partial charge < -0.3 is 11.1 Å². The van der Waals surface area contributed by atoms with E-state index >= 15 is 0 Å². The number of anilines is 1. The van der Waals surface area contributed by atoms with Gasteiger partial charge >= 0.3 is 0 Å². The number of para-hydroxylation sites is 1. The van der Waals surface area contributed by atoms with Gasteiger partial charge in [-0.1, -0.05) is 41.6 Å². The van der Waals surface area contributed by atoms with Gasteiger partial charge in [-0.05, 0) is 37.6 Å². The molecular formula is C16H20N2S. The molecule has 19 heavy (non-hydrogen) atoms. The number of benzene rings is 2. The molecule has 0 radical (unpaired) electrons. The Kier molecular flexibility index (Phi) is 4.88. The van der Waals surface area contributed by atoms with Crippen LogP contribution in [-0.4, -0.2) is 13.1 Å². The van der Waals surface area contributed by atoms with Crippen LogP contribution in [0.3, 0.4) is 0 Å². The Labute approximate surface area is 119 Å². The molecule has 0 unspecified atom stereocenters. The Hall–Kier alpha value is -1.45.